The van der Waals surface area contributed by atoms with E-state index >= 15 is 0 Å². The minimum atomic E-state index is -6.68. The van der Waals surface area contributed by atoms with Crippen molar-refractivity contribution in [1.82, 2.24) is 0 Å². The molecule has 0 N–H and O–H groups in total. The Kier molecular flexibility index (Phi) is 6.75. The average Bonchev–Trinajstić information content (AvgIpc) is 2.65. The molecule has 34 heavy (non-hydrogen) atoms. The molecule has 8 nitrogen and oxygen atoms in total. The van der Waals surface area contributed by atoms with E-state index < -0.39 is 63.4 Å². The van der Waals surface area contributed by atoms with Crippen molar-refractivity contribution in [3.63, 3.8) is 0 Å². The third kappa shape index (κ3) is 4.74. The molecular weight excluding hydrogens is 502 g/mol. The third-order valence-electron chi connectivity index (χ3n) is 6.69. The molecular formula is C19H23F6O8S-. The minimum Gasteiger partial charge on any atom is -0.743 e. The Labute approximate surface area is 191 Å². The molecule has 4 saturated carbocycles. The van der Waals surface area contributed by atoms with Gasteiger partial charge in [0.2, 0.25) is 0 Å². The zero-order valence-electron chi connectivity index (χ0n) is 18.0. The molecule has 0 spiro atoms. The van der Waals surface area contributed by atoms with Crippen molar-refractivity contribution in [2.24, 2.45) is 17.3 Å². The number of hydrogen-bond donors (Lipinski definition) is 0. The number of ether oxygens (including phenoxy) is 3. The Morgan fingerprint density at radius 2 is 1.56 bits per heavy atom. The summed E-state index contributed by atoms with van der Waals surface area (Å²) in [6.45, 7) is -0.319. The number of alkyl halides is 6. The van der Waals surface area contributed by atoms with E-state index in [4.69, 9.17) is 9.47 Å². The van der Waals surface area contributed by atoms with Crippen LogP contribution in [-0.2, 0) is 33.9 Å². The average molecular weight is 525 g/mol. The van der Waals surface area contributed by atoms with E-state index in [1.807, 2.05) is 0 Å². The van der Waals surface area contributed by atoms with Gasteiger partial charge in [-0.2, -0.15) is 26.3 Å². The van der Waals surface area contributed by atoms with E-state index in [-0.39, 0.29) is 50.5 Å². The number of carbonyl (C=O) groups is 2. The van der Waals surface area contributed by atoms with E-state index in [0.717, 1.165) is 0 Å². The Morgan fingerprint density at radius 1 is 1.00 bits per heavy atom. The molecule has 4 bridgehead atoms. The first-order valence-electron chi connectivity index (χ1n) is 10.5. The predicted molar refractivity (Wildman–Crippen MR) is 97.7 cm³/mol. The summed E-state index contributed by atoms with van der Waals surface area (Å²) >= 11 is 0. The van der Waals surface area contributed by atoms with Crippen molar-refractivity contribution in [3.05, 3.63) is 0 Å². The normalized spacial score (nSPS) is 31.4. The van der Waals surface area contributed by atoms with Crippen molar-refractivity contribution in [1.29, 1.82) is 0 Å². The highest BCUT2D eigenvalue weighted by atomic mass is 32.2. The van der Waals surface area contributed by atoms with Crippen LogP contribution in [0.4, 0.5) is 26.3 Å². The van der Waals surface area contributed by atoms with E-state index in [9.17, 15) is 48.9 Å². The summed E-state index contributed by atoms with van der Waals surface area (Å²) in [6, 6.07) is 0. The molecule has 15 heteroatoms. The number of esters is 2. The molecule has 2 atom stereocenters. The summed E-state index contributed by atoms with van der Waals surface area (Å²) in [4.78, 5) is 24.4. The minimum absolute atomic E-state index is 0.124. The van der Waals surface area contributed by atoms with E-state index in [2.05, 4.69) is 4.74 Å². The highest BCUT2D eigenvalue weighted by molar-refractivity contribution is 7.86. The fraction of sp³-hybridized carbons (Fsp3) is 0.895. The van der Waals surface area contributed by atoms with Crippen molar-refractivity contribution in [3.8, 4) is 0 Å². The molecule has 196 valence electrons. The highest BCUT2D eigenvalue weighted by Gasteiger charge is 2.65. The molecule has 0 saturated heterocycles. The second kappa shape index (κ2) is 8.50. The summed E-state index contributed by atoms with van der Waals surface area (Å²) in [5.41, 5.74) is -3.00. The second-order valence-corrected chi connectivity index (χ2v) is 10.7. The smallest absolute Gasteiger partial charge is 0.456 e. The molecule has 2 unspecified atom stereocenters. The first-order valence-corrected chi connectivity index (χ1v) is 11.9. The molecule has 4 fully saturated rings. The quantitative estimate of drug-likeness (QED) is 0.242. The number of hydrogen-bond acceptors (Lipinski definition) is 8. The molecule has 0 aromatic carbocycles. The molecule has 4 rings (SSSR count). The molecule has 4 aliphatic carbocycles. The van der Waals surface area contributed by atoms with Crippen LogP contribution in [0.5, 0.6) is 0 Å². The second-order valence-electron chi connectivity index (χ2n) is 9.32. The fourth-order valence-electron chi connectivity index (χ4n) is 5.82. The van der Waals surface area contributed by atoms with Crippen LogP contribution < -0.4 is 0 Å². The van der Waals surface area contributed by atoms with Crippen LogP contribution in [0.1, 0.15) is 51.9 Å². The van der Waals surface area contributed by atoms with Gasteiger partial charge in [-0.15, -0.1) is 0 Å². The Bertz CT molecular complexity index is 923. The molecule has 0 amide bonds. The zero-order valence-corrected chi connectivity index (χ0v) is 18.8. The van der Waals surface area contributed by atoms with Gasteiger partial charge in [0.15, 0.2) is 10.1 Å². The lowest BCUT2D eigenvalue weighted by Crippen LogP contribution is -2.61. The van der Waals surface area contributed by atoms with Gasteiger partial charge in [0.25, 0.3) is 0 Å². The van der Waals surface area contributed by atoms with Crippen molar-refractivity contribution in [2.45, 2.75) is 74.8 Å². The number of carbonyl (C=O) groups excluding carboxylic acids is 2. The Morgan fingerprint density at radius 3 is 2.06 bits per heavy atom. The molecule has 4 aliphatic rings. The van der Waals surface area contributed by atoms with Gasteiger partial charge in [0, 0.05) is 0 Å². The summed E-state index contributed by atoms with van der Waals surface area (Å²) in [5.74, 6) is -8.82. The van der Waals surface area contributed by atoms with Crippen LogP contribution in [0.25, 0.3) is 0 Å². The van der Waals surface area contributed by atoms with Crippen LogP contribution in [0.2, 0.25) is 0 Å². The van der Waals surface area contributed by atoms with Gasteiger partial charge in [0.05, 0.1) is 30.7 Å². The van der Waals surface area contributed by atoms with E-state index in [0.29, 0.717) is 6.42 Å². The van der Waals surface area contributed by atoms with Crippen LogP contribution >= 0.6 is 0 Å². The predicted octanol–water partition coefficient (Wildman–Crippen LogP) is 3.20. The van der Waals surface area contributed by atoms with Crippen molar-refractivity contribution in [2.75, 3.05) is 13.2 Å². The van der Waals surface area contributed by atoms with Crippen molar-refractivity contribution < 1.29 is 63.1 Å². The molecule has 0 aromatic heterocycles. The zero-order chi connectivity index (χ0) is 25.8. The highest BCUT2D eigenvalue weighted by Crippen LogP contribution is 2.64. The first kappa shape index (κ1) is 27.0. The van der Waals surface area contributed by atoms with Gasteiger partial charge >= 0.3 is 29.2 Å². The molecule has 0 radical (unpaired) electrons. The largest absolute Gasteiger partial charge is 0.743 e. The fourth-order valence-corrected chi connectivity index (χ4v) is 6.29. The monoisotopic (exact) mass is 525 g/mol. The maximum atomic E-state index is 14.3. The number of halogens is 6. The Balaban J connectivity index is 1.71. The van der Waals surface area contributed by atoms with Gasteiger partial charge in [-0.1, -0.05) is 0 Å². The van der Waals surface area contributed by atoms with Crippen molar-refractivity contribution >= 4 is 22.1 Å². The lowest BCUT2D eigenvalue weighted by atomic mass is 9.48. The summed E-state index contributed by atoms with van der Waals surface area (Å²) in [5, 5.41) is -5.91. The van der Waals surface area contributed by atoms with Crippen LogP contribution in [0.3, 0.4) is 0 Å². The van der Waals surface area contributed by atoms with Gasteiger partial charge in [-0.3, -0.25) is 4.79 Å². The van der Waals surface area contributed by atoms with Gasteiger partial charge in [-0.25, -0.2) is 13.2 Å². The lowest BCUT2D eigenvalue weighted by Gasteiger charge is -2.60. The van der Waals surface area contributed by atoms with Gasteiger partial charge in [0.1, 0.15) is 0 Å². The number of rotatable bonds is 10. The third-order valence-corrected chi connectivity index (χ3v) is 7.61. The molecule has 0 aliphatic heterocycles. The Hall–Kier alpha value is -1.61. The lowest BCUT2D eigenvalue weighted by molar-refractivity contribution is -0.323. The SMILES string of the molecule is CCOC(=O)C(F)(F)OC12CC3CC(C1)CC(C(=O)OCCC(F)(F)C(F)(F)S(=O)(=O)[O-])(C3)C2. The van der Waals surface area contributed by atoms with Gasteiger partial charge < -0.3 is 18.8 Å². The first-order chi connectivity index (χ1) is 15.4. The summed E-state index contributed by atoms with van der Waals surface area (Å²) < 4.78 is 128. The summed E-state index contributed by atoms with van der Waals surface area (Å²) in [7, 11) is -6.68. The maximum Gasteiger partial charge on any atom is 0.456 e. The van der Waals surface area contributed by atoms with Crippen LogP contribution in [0, 0.1) is 17.3 Å². The topological polar surface area (TPSA) is 119 Å². The van der Waals surface area contributed by atoms with E-state index in [1.165, 1.54) is 6.92 Å². The van der Waals surface area contributed by atoms with Crippen LogP contribution in [-0.4, -0.2) is 61.0 Å². The summed E-state index contributed by atoms with van der Waals surface area (Å²) in [6.07, 6.45) is -5.36. The molecule has 0 aromatic rings. The maximum absolute atomic E-state index is 14.3. The van der Waals surface area contributed by atoms with Crippen LogP contribution in [0.15, 0.2) is 0 Å². The van der Waals surface area contributed by atoms with E-state index in [1.54, 1.807) is 0 Å². The molecule has 0 heterocycles. The standard InChI is InChI=1S/C19H24F6O8S/c1-2-31-14(27)18(22,23)33-16-8-11-5-12(9-16)7-15(6-11,10-16)13(26)32-4-3-17(20,21)19(24,25)34(28,29)30/h11-12H,2-10H2,1H3,(H,28,29,30)/p-1. The van der Waals surface area contributed by atoms with Gasteiger partial charge in [-0.05, 0) is 57.3 Å².